The molecule has 1 aromatic heterocycles. The maximum atomic E-state index is 11.2. The lowest BCUT2D eigenvalue weighted by molar-refractivity contribution is -0.123. The monoisotopic (exact) mass is 262 g/mol. The summed E-state index contributed by atoms with van der Waals surface area (Å²) >= 11 is 0. The number of nitrogens with two attached hydrogens (primary N) is 1. The molecule has 0 radical (unpaired) electrons. The molecule has 0 spiro atoms. The quantitative estimate of drug-likeness (QED) is 0.861. The van der Waals surface area contributed by atoms with E-state index in [1.807, 2.05) is 24.3 Å². The molecule has 1 heterocycles. The highest BCUT2D eigenvalue weighted by Gasteiger charge is 2.24. The Morgan fingerprint density at radius 1 is 1.47 bits per heavy atom. The predicted octanol–water partition coefficient (Wildman–Crippen LogP) is 1.79. The number of rotatable bonds is 5. The Hall–Kier alpha value is -2.01. The van der Waals surface area contributed by atoms with Crippen LogP contribution < -0.4 is 15.8 Å². The zero-order chi connectivity index (χ0) is 14.0. The maximum Gasteiger partial charge on any atom is 0.237 e. The van der Waals surface area contributed by atoms with Crippen LogP contribution in [0.25, 0.3) is 11.0 Å². The van der Waals surface area contributed by atoms with Crippen LogP contribution in [0.15, 0.2) is 28.7 Å². The summed E-state index contributed by atoms with van der Waals surface area (Å²) in [6, 6.07) is 7.61. The van der Waals surface area contributed by atoms with E-state index in [-0.39, 0.29) is 0 Å². The molecule has 0 saturated heterocycles. The van der Waals surface area contributed by atoms with Crippen LogP contribution in [0.1, 0.15) is 19.6 Å². The molecule has 19 heavy (non-hydrogen) atoms. The van der Waals surface area contributed by atoms with Gasteiger partial charge in [0.2, 0.25) is 5.91 Å². The van der Waals surface area contributed by atoms with Crippen LogP contribution in [-0.2, 0) is 11.3 Å². The molecular weight excluding hydrogens is 244 g/mol. The average Bonchev–Trinajstić information content (AvgIpc) is 2.79. The zero-order valence-electron chi connectivity index (χ0n) is 11.3. The Morgan fingerprint density at radius 3 is 2.84 bits per heavy atom. The Balaban J connectivity index is 2.21. The van der Waals surface area contributed by atoms with Gasteiger partial charge in [0.05, 0.1) is 19.2 Å². The minimum atomic E-state index is -0.775. The van der Waals surface area contributed by atoms with Gasteiger partial charge in [0.25, 0.3) is 0 Å². The van der Waals surface area contributed by atoms with Crippen LogP contribution in [0, 0.1) is 0 Å². The van der Waals surface area contributed by atoms with Crippen molar-refractivity contribution in [2.24, 2.45) is 5.73 Å². The Bertz CT molecular complexity index is 602. The summed E-state index contributed by atoms with van der Waals surface area (Å²) in [5.74, 6) is 1.02. The van der Waals surface area contributed by atoms with Gasteiger partial charge in [0, 0.05) is 5.39 Å². The van der Waals surface area contributed by atoms with Crippen molar-refractivity contribution in [1.29, 1.82) is 0 Å². The summed E-state index contributed by atoms with van der Waals surface area (Å²) in [4.78, 5) is 11.2. The van der Waals surface area contributed by atoms with Gasteiger partial charge in [-0.3, -0.25) is 10.1 Å². The molecule has 0 unspecified atom stereocenters. The third-order valence-electron chi connectivity index (χ3n) is 3.10. The molecule has 0 saturated carbocycles. The number of methoxy groups -OCH3 is 1. The molecule has 0 aliphatic heterocycles. The zero-order valence-corrected chi connectivity index (χ0v) is 11.3. The number of amides is 1. The summed E-state index contributed by atoms with van der Waals surface area (Å²) < 4.78 is 11.0. The molecule has 3 N–H and O–H groups in total. The van der Waals surface area contributed by atoms with E-state index in [0.717, 1.165) is 11.1 Å². The Morgan fingerprint density at radius 2 is 2.21 bits per heavy atom. The van der Waals surface area contributed by atoms with Crippen molar-refractivity contribution in [3.05, 3.63) is 30.0 Å². The van der Waals surface area contributed by atoms with Crippen LogP contribution in [0.4, 0.5) is 0 Å². The van der Waals surface area contributed by atoms with Crippen molar-refractivity contribution < 1.29 is 13.9 Å². The number of nitrogens with one attached hydrogen (secondary N) is 1. The van der Waals surface area contributed by atoms with Crippen molar-refractivity contribution in [3.8, 4) is 5.75 Å². The standard InChI is InChI=1S/C14H18N2O3/c1-14(2,13(15)17)16-8-10-7-9-5-4-6-11(18-3)12(9)19-10/h4-7,16H,8H2,1-3H3,(H2,15,17). The van der Waals surface area contributed by atoms with E-state index >= 15 is 0 Å². The molecule has 5 heteroatoms. The lowest BCUT2D eigenvalue weighted by Crippen LogP contribution is -2.50. The largest absolute Gasteiger partial charge is 0.493 e. The minimum Gasteiger partial charge on any atom is -0.493 e. The lowest BCUT2D eigenvalue weighted by atomic mass is 10.1. The molecule has 0 atom stereocenters. The second kappa shape index (κ2) is 4.93. The van der Waals surface area contributed by atoms with E-state index in [1.54, 1.807) is 21.0 Å². The number of hydrogen-bond donors (Lipinski definition) is 2. The first-order valence-corrected chi connectivity index (χ1v) is 6.04. The fourth-order valence-electron chi connectivity index (χ4n) is 1.73. The summed E-state index contributed by atoms with van der Waals surface area (Å²) in [6.07, 6.45) is 0. The summed E-state index contributed by atoms with van der Waals surface area (Å²) in [7, 11) is 1.60. The first kappa shape index (κ1) is 13.4. The third-order valence-corrected chi connectivity index (χ3v) is 3.10. The van der Waals surface area contributed by atoms with E-state index < -0.39 is 11.4 Å². The number of ether oxygens (including phenoxy) is 1. The SMILES string of the molecule is COc1cccc2cc(CNC(C)(C)C(N)=O)oc12. The van der Waals surface area contributed by atoms with Crippen molar-refractivity contribution in [1.82, 2.24) is 5.32 Å². The number of hydrogen-bond acceptors (Lipinski definition) is 4. The van der Waals surface area contributed by atoms with Crippen LogP contribution in [0.5, 0.6) is 5.75 Å². The van der Waals surface area contributed by atoms with Crippen molar-refractivity contribution in [2.45, 2.75) is 25.9 Å². The van der Waals surface area contributed by atoms with E-state index in [0.29, 0.717) is 17.9 Å². The summed E-state index contributed by atoms with van der Waals surface area (Å²) in [6.45, 7) is 3.89. The molecule has 102 valence electrons. The second-order valence-electron chi connectivity index (χ2n) is 4.93. The van der Waals surface area contributed by atoms with Gasteiger partial charge in [-0.2, -0.15) is 0 Å². The highest BCUT2D eigenvalue weighted by molar-refractivity contribution is 5.84. The van der Waals surface area contributed by atoms with Crippen molar-refractivity contribution in [3.63, 3.8) is 0 Å². The molecule has 0 aliphatic rings. The van der Waals surface area contributed by atoms with E-state index in [4.69, 9.17) is 14.9 Å². The number of fused-ring (bicyclic) bond motifs is 1. The molecular formula is C14H18N2O3. The highest BCUT2D eigenvalue weighted by Crippen LogP contribution is 2.28. The molecule has 5 nitrogen and oxygen atoms in total. The fourth-order valence-corrected chi connectivity index (χ4v) is 1.73. The van der Waals surface area contributed by atoms with Gasteiger partial charge in [-0.25, -0.2) is 0 Å². The van der Waals surface area contributed by atoms with Crippen LogP contribution in [0.2, 0.25) is 0 Å². The van der Waals surface area contributed by atoms with Crippen LogP contribution >= 0.6 is 0 Å². The number of carbonyl (C=O) groups excluding carboxylic acids is 1. The van der Waals surface area contributed by atoms with Gasteiger partial charge in [-0.1, -0.05) is 12.1 Å². The Labute approximate surface area is 111 Å². The highest BCUT2D eigenvalue weighted by atomic mass is 16.5. The number of primary amides is 1. The topological polar surface area (TPSA) is 77.5 Å². The predicted molar refractivity (Wildman–Crippen MR) is 72.9 cm³/mol. The second-order valence-corrected chi connectivity index (χ2v) is 4.93. The maximum absolute atomic E-state index is 11.2. The number of benzene rings is 1. The first-order chi connectivity index (χ1) is 8.94. The first-order valence-electron chi connectivity index (χ1n) is 6.04. The molecule has 2 rings (SSSR count). The Kier molecular flexibility index (Phi) is 3.48. The van der Waals surface area contributed by atoms with Gasteiger partial charge in [-0.15, -0.1) is 0 Å². The summed E-state index contributed by atoms with van der Waals surface area (Å²) in [5, 5.41) is 4.03. The van der Waals surface area contributed by atoms with Gasteiger partial charge >= 0.3 is 0 Å². The molecule has 0 aliphatic carbocycles. The summed E-state index contributed by atoms with van der Waals surface area (Å²) in [5.41, 5.74) is 5.24. The molecule has 0 fully saturated rings. The van der Waals surface area contributed by atoms with E-state index in [2.05, 4.69) is 5.32 Å². The minimum absolute atomic E-state index is 0.402. The van der Waals surface area contributed by atoms with Gasteiger partial charge < -0.3 is 14.9 Å². The van der Waals surface area contributed by atoms with Gasteiger partial charge in [0.1, 0.15) is 5.76 Å². The van der Waals surface area contributed by atoms with E-state index in [1.165, 1.54) is 0 Å². The van der Waals surface area contributed by atoms with E-state index in [9.17, 15) is 4.79 Å². The number of carbonyl (C=O) groups is 1. The smallest absolute Gasteiger partial charge is 0.237 e. The molecule has 1 aromatic carbocycles. The lowest BCUT2D eigenvalue weighted by Gasteiger charge is -2.21. The number of furan rings is 1. The van der Waals surface area contributed by atoms with Gasteiger partial charge in [0.15, 0.2) is 11.3 Å². The molecule has 2 aromatic rings. The number of para-hydroxylation sites is 1. The van der Waals surface area contributed by atoms with Gasteiger partial charge in [-0.05, 0) is 26.0 Å². The van der Waals surface area contributed by atoms with Crippen LogP contribution in [-0.4, -0.2) is 18.6 Å². The molecule has 0 bridgehead atoms. The molecule has 1 amide bonds. The van der Waals surface area contributed by atoms with Crippen molar-refractivity contribution >= 4 is 16.9 Å². The van der Waals surface area contributed by atoms with Crippen molar-refractivity contribution in [2.75, 3.05) is 7.11 Å². The average molecular weight is 262 g/mol. The normalized spacial score (nSPS) is 11.7. The van der Waals surface area contributed by atoms with Crippen LogP contribution in [0.3, 0.4) is 0 Å². The third kappa shape index (κ3) is 2.71. The fraction of sp³-hybridized carbons (Fsp3) is 0.357.